The Bertz CT molecular complexity index is 706. The van der Waals surface area contributed by atoms with Gasteiger partial charge in [-0.3, -0.25) is 0 Å². The van der Waals surface area contributed by atoms with Gasteiger partial charge >= 0.3 is 0 Å². The molecule has 23 heavy (non-hydrogen) atoms. The number of fused-ring (bicyclic) bond motifs is 1. The van der Waals surface area contributed by atoms with Crippen LogP contribution in [-0.4, -0.2) is 36.5 Å². The van der Waals surface area contributed by atoms with Crippen molar-refractivity contribution in [3.8, 4) is 0 Å². The lowest BCUT2D eigenvalue weighted by atomic mass is 9.82. The van der Waals surface area contributed by atoms with E-state index in [0.717, 1.165) is 12.0 Å². The van der Waals surface area contributed by atoms with Crippen LogP contribution >= 0.6 is 0 Å². The van der Waals surface area contributed by atoms with Crippen LogP contribution < -0.4 is 0 Å². The van der Waals surface area contributed by atoms with Crippen LogP contribution in [-0.2, 0) is 10.0 Å². The van der Waals surface area contributed by atoms with Crippen LogP contribution in [0.15, 0.2) is 29.2 Å². The average molecular weight is 337 g/mol. The monoisotopic (exact) mass is 337 g/mol. The number of hydrogen-bond donors (Lipinski definition) is 1. The van der Waals surface area contributed by atoms with Crippen LogP contribution in [0.5, 0.6) is 0 Å². The maximum Gasteiger partial charge on any atom is 0.243 e. The number of aliphatic hydroxyl groups is 1. The van der Waals surface area contributed by atoms with Crippen LogP contribution in [0.4, 0.5) is 0 Å². The molecule has 0 unspecified atom stereocenters. The van der Waals surface area contributed by atoms with Crippen molar-refractivity contribution in [1.82, 2.24) is 4.31 Å². The summed E-state index contributed by atoms with van der Waals surface area (Å²) in [6.45, 7) is 8.15. The van der Waals surface area contributed by atoms with Crippen LogP contribution in [0.2, 0.25) is 0 Å². The zero-order chi connectivity index (χ0) is 17.2. The lowest BCUT2D eigenvalue weighted by Crippen LogP contribution is -2.53. The Balaban J connectivity index is 1.89. The number of rotatable bonds is 3. The maximum absolute atomic E-state index is 12.9. The van der Waals surface area contributed by atoms with E-state index >= 15 is 0 Å². The number of sulfonamides is 1. The van der Waals surface area contributed by atoms with Gasteiger partial charge in [0.1, 0.15) is 0 Å². The molecule has 2 saturated carbocycles. The molecule has 5 heteroatoms. The first kappa shape index (κ1) is 16.9. The predicted molar refractivity (Wildman–Crippen MR) is 90.5 cm³/mol. The SMILES string of the molecule is Cc1ccc(S(=O)(=O)N(C)[C@@H]2C[C@@H]3[C@H](C[C@]2(C)O)C3(C)C)cc1. The second-order valence-electron chi connectivity index (χ2n) is 8.18. The van der Waals surface area contributed by atoms with Gasteiger partial charge in [-0.25, -0.2) is 8.42 Å². The lowest BCUT2D eigenvalue weighted by Gasteiger charge is -2.41. The Morgan fingerprint density at radius 3 is 2.26 bits per heavy atom. The van der Waals surface area contributed by atoms with Crippen molar-refractivity contribution < 1.29 is 13.5 Å². The van der Waals surface area contributed by atoms with E-state index < -0.39 is 15.6 Å². The van der Waals surface area contributed by atoms with Gasteiger partial charge in [-0.05, 0) is 56.1 Å². The molecule has 0 spiro atoms. The molecular weight excluding hydrogens is 310 g/mol. The zero-order valence-corrected chi connectivity index (χ0v) is 15.4. The minimum Gasteiger partial charge on any atom is -0.388 e. The van der Waals surface area contributed by atoms with Crippen molar-refractivity contribution in [3.63, 3.8) is 0 Å². The highest BCUT2D eigenvalue weighted by Crippen LogP contribution is 2.66. The van der Waals surface area contributed by atoms with Crippen molar-refractivity contribution >= 4 is 10.0 Å². The Hall–Kier alpha value is -0.910. The van der Waals surface area contributed by atoms with E-state index in [2.05, 4.69) is 13.8 Å². The zero-order valence-electron chi connectivity index (χ0n) is 14.6. The summed E-state index contributed by atoms with van der Waals surface area (Å²) in [6.07, 6.45) is 1.40. The van der Waals surface area contributed by atoms with Gasteiger partial charge in [0.15, 0.2) is 0 Å². The molecular formula is C18H27NO3S. The molecule has 2 fully saturated rings. The molecule has 1 aromatic rings. The van der Waals surface area contributed by atoms with Crippen molar-refractivity contribution in [3.05, 3.63) is 29.8 Å². The van der Waals surface area contributed by atoms with E-state index in [-0.39, 0.29) is 11.5 Å². The van der Waals surface area contributed by atoms with Crippen molar-refractivity contribution in [2.24, 2.45) is 17.3 Å². The number of benzene rings is 1. The van der Waals surface area contributed by atoms with Crippen LogP contribution in [0.3, 0.4) is 0 Å². The van der Waals surface area contributed by atoms with Crippen LogP contribution in [0, 0.1) is 24.2 Å². The number of nitrogens with zero attached hydrogens (tertiary/aromatic N) is 1. The maximum atomic E-state index is 12.9. The molecule has 0 aliphatic heterocycles. The molecule has 0 radical (unpaired) electrons. The fraction of sp³-hybridized carbons (Fsp3) is 0.667. The van der Waals surface area contributed by atoms with Crippen molar-refractivity contribution in [1.29, 1.82) is 0 Å². The standard InChI is InChI=1S/C18H27NO3S/c1-12-6-8-13(9-7-12)23(21,22)19(5)16-10-14-15(17(14,2)3)11-18(16,4)20/h6-9,14-16,20H,10-11H2,1-5H3/t14-,15+,16-,18+/m1/s1. The third-order valence-electron chi connectivity index (χ3n) is 6.25. The van der Waals surface area contributed by atoms with Gasteiger partial charge in [0.2, 0.25) is 10.0 Å². The highest BCUT2D eigenvalue weighted by molar-refractivity contribution is 7.89. The summed E-state index contributed by atoms with van der Waals surface area (Å²) in [5, 5.41) is 10.9. The first-order valence-corrected chi connectivity index (χ1v) is 9.69. The molecule has 2 aliphatic rings. The molecule has 0 amide bonds. The summed E-state index contributed by atoms with van der Waals surface area (Å²) in [5.41, 5.74) is 0.258. The summed E-state index contributed by atoms with van der Waals surface area (Å²) in [4.78, 5) is 0.290. The van der Waals surface area contributed by atoms with Gasteiger partial charge < -0.3 is 5.11 Å². The van der Waals surface area contributed by atoms with Gasteiger partial charge in [0, 0.05) is 7.05 Å². The van der Waals surface area contributed by atoms with E-state index in [1.165, 1.54) is 4.31 Å². The van der Waals surface area contributed by atoms with Crippen molar-refractivity contribution in [2.45, 2.75) is 57.1 Å². The molecule has 0 heterocycles. The van der Waals surface area contributed by atoms with E-state index in [4.69, 9.17) is 0 Å². The molecule has 3 rings (SSSR count). The average Bonchev–Trinajstić information content (AvgIpc) is 2.96. The Kier molecular flexibility index (Phi) is 3.71. The topological polar surface area (TPSA) is 57.6 Å². The molecule has 0 saturated heterocycles. The fourth-order valence-electron chi connectivity index (χ4n) is 4.39. The molecule has 1 N–H and O–H groups in total. The molecule has 128 valence electrons. The van der Waals surface area contributed by atoms with E-state index in [9.17, 15) is 13.5 Å². The van der Waals surface area contributed by atoms with Gasteiger partial charge in [0.25, 0.3) is 0 Å². The minimum atomic E-state index is -3.60. The summed E-state index contributed by atoms with van der Waals surface area (Å²) < 4.78 is 27.2. The highest BCUT2D eigenvalue weighted by Gasteiger charge is 2.64. The number of likely N-dealkylation sites (N-methyl/N-ethyl adjacent to an activating group) is 1. The fourth-order valence-corrected chi connectivity index (χ4v) is 5.85. The molecule has 4 nitrogen and oxygen atoms in total. The van der Waals surface area contributed by atoms with Crippen LogP contribution in [0.25, 0.3) is 0 Å². The Morgan fingerprint density at radius 1 is 1.13 bits per heavy atom. The molecule has 0 aromatic heterocycles. The second-order valence-corrected chi connectivity index (χ2v) is 10.2. The highest BCUT2D eigenvalue weighted by atomic mass is 32.2. The number of hydrogen-bond acceptors (Lipinski definition) is 3. The Morgan fingerprint density at radius 2 is 1.70 bits per heavy atom. The van der Waals surface area contributed by atoms with Gasteiger partial charge in [-0.2, -0.15) is 4.31 Å². The van der Waals surface area contributed by atoms with Crippen LogP contribution in [0.1, 0.15) is 39.2 Å². The second kappa shape index (κ2) is 5.04. The smallest absolute Gasteiger partial charge is 0.243 e. The summed E-state index contributed by atoms with van der Waals surface area (Å²) >= 11 is 0. The quantitative estimate of drug-likeness (QED) is 0.923. The predicted octanol–water partition coefficient (Wildman–Crippen LogP) is 2.80. The van der Waals surface area contributed by atoms with Gasteiger partial charge in [-0.1, -0.05) is 31.5 Å². The van der Waals surface area contributed by atoms with E-state index in [0.29, 0.717) is 23.2 Å². The first-order chi connectivity index (χ1) is 10.5. The normalized spacial score (nSPS) is 35.9. The molecule has 2 aliphatic carbocycles. The largest absolute Gasteiger partial charge is 0.388 e. The molecule has 0 bridgehead atoms. The van der Waals surface area contributed by atoms with E-state index in [1.807, 2.05) is 6.92 Å². The minimum absolute atomic E-state index is 0.215. The first-order valence-electron chi connectivity index (χ1n) is 8.25. The third-order valence-corrected chi connectivity index (χ3v) is 8.13. The third kappa shape index (κ3) is 2.63. The van der Waals surface area contributed by atoms with Gasteiger partial charge in [-0.15, -0.1) is 0 Å². The van der Waals surface area contributed by atoms with Gasteiger partial charge in [0.05, 0.1) is 16.5 Å². The summed E-state index contributed by atoms with van der Waals surface area (Å²) in [7, 11) is -1.99. The Labute approximate surface area is 139 Å². The summed E-state index contributed by atoms with van der Waals surface area (Å²) in [5.74, 6) is 1.01. The number of aryl methyl sites for hydroxylation is 1. The molecule has 4 atom stereocenters. The van der Waals surface area contributed by atoms with Crippen molar-refractivity contribution in [2.75, 3.05) is 7.05 Å². The summed E-state index contributed by atoms with van der Waals surface area (Å²) in [6, 6.07) is 6.52. The van der Waals surface area contributed by atoms with E-state index in [1.54, 1.807) is 38.2 Å². The molecule has 1 aromatic carbocycles. The lowest BCUT2D eigenvalue weighted by molar-refractivity contribution is -0.0345.